The molecule has 4 amide bonds. The van der Waals surface area contributed by atoms with Crippen LogP contribution in [0.5, 0.6) is 0 Å². The molecule has 2 heterocycles. The zero-order chi connectivity index (χ0) is 20.3. The van der Waals surface area contributed by atoms with Crippen molar-refractivity contribution in [1.29, 1.82) is 0 Å². The normalized spacial score (nSPS) is 13.8. The number of hydrazone groups is 1. The summed E-state index contributed by atoms with van der Waals surface area (Å²) in [5.74, 6) is -0.611. The number of imide groups is 3. The second kappa shape index (κ2) is 9.08. The number of urea groups is 1. The van der Waals surface area contributed by atoms with E-state index in [1.807, 2.05) is 0 Å². The lowest BCUT2D eigenvalue weighted by molar-refractivity contribution is -0.384. The average Bonchev–Trinajstić information content (AvgIpc) is 3.24. The lowest BCUT2D eigenvalue weighted by Crippen LogP contribution is -2.38. The number of nitro benzene ring substituents is 1. The number of carbonyl (C=O) groups excluding carboxylic acids is 3. The summed E-state index contributed by atoms with van der Waals surface area (Å²) in [6, 6.07) is 8.17. The summed E-state index contributed by atoms with van der Waals surface area (Å²) in [7, 11) is 0. The van der Waals surface area contributed by atoms with Gasteiger partial charge in [-0.05, 0) is 24.3 Å². The van der Waals surface area contributed by atoms with E-state index in [-0.39, 0.29) is 37.6 Å². The van der Waals surface area contributed by atoms with Crippen LogP contribution in [0.1, 0.15) is 12.2 Å². The number of hydrogen-bond donors (Lipinski definition) is 1. The fourth-order valence-electron chi connectivity index (χ4n) is 2.51. The molecule has 152 valence electrons. The van der Waals surface area contributed by atoms with E-state index in [1.165, 1.54) is 18.3 Å². The van der Waals surface area contributed by atoms with Crippen LogP contribution in [0.2, 0.25) is 0 Å². The first-order chi connectivity index (χ1) is 13.4. The highest BCUT2D eigenvalue weighted by atomic mass is 35.5. The Balaban J connectivity index is 0.00000300. The third-order valence-electron chi connectivity index (χ3n) is 3.87. The SMILES string of the molecule is Cl.NCCC(=O)N1C(=O)CN(/N=C/c2ccc(-c3ccc([N+](=O)[O-])cc3)o2)C1=O. The zero-order valence-electron chi connectivity index (χ0n) is 14.9. The maximum atomic E-state index is 12.1. The number of nitrogens with two attached hydrogens (primary N) is 1. The van der Waals surface area contributed by atoms with Crippen molar-refractivity contribution in [3.63, 3.8) is 0 Å². The summed E-state index contributed by atoms with van der Waals surface area (Å²) in [5.41, 5.74) is 5.85. The number of benzene rings is 1. The van der Waals surface area contributed by atoms with E-state index in [0.717, 1.165) is 5.01 Å². The number of nitro groups is 1. The Labute approximate surface area is 170 Å². The van der Waals surface area contributed by atoms with Gasteiger partial charge in [-0.3, -0.25) is 19.7 Å². The van der Waals surface area contributed by atoms with Crippen LogP contribution in [-0.2, 0) is 9.59 Å². The summed E-state index contributed by atoms with van der Waals surface area (Å²) in [4.78, 5) is 46.5. The van der Waals surface area contributed by atoms with E-state index in [4.69, 9.17) is 10.2 Å². The Kier molecular flexibility index (Phi) is 6.80. The maximum absolute atomic E-state index is 12.1. The smallest absolute Gasteiger partial charge is 0.354 e. The summed E-state index contributed by atoms with van der Waals surface area (Å²) >= 11 is 0. The van der Waals surface area contributed by atoms with Crippen molar-refractivity contribution in [2.45, 2.75) is 6.42 Å². The Morgan fingerprint density at radius 1 is 1.24 bits per heavy atom. The molecule has 0 atom stereocenters. The van der Waals surface area contributed by atoms with Crippen LogP contribution in [0.3, 0.4) is 0 Å². The van der Waals surface area contributed by atoms with E-state index in [2.05, 4.69) is 5.10 Å². The van der Waals surface area contributed by atoms with Gasteiger partial charge in [0.1, 0.15) is 18.1 Å². The number of rotatable bonds is 6. The minimum Gasteiger partial charge on any atom is -0.455 e. The molecule has 12 heteroatoms. The highest BCUT2D eigenvalue weighted by molar-refractivity contribution is 6.15. The number of nitrogens with zero attached hydrogens (tertiary/aromatic N) is 4. The minimum atomic E-state index is -0.846. The summed E-state index contributed by atoms with van der Waals surface area (Å²) in [6.45, 7) is -0.335. The molecule has 1 aromatic heterocycles. The third-order valence-corrected chi connectivity index (χ3v) is 3.87. The van der Waals surface area contributed by atoms with Crippen LogP contribution in [0.4, 0.5) is 10.5 Å². The van der Waals surface area contributed by atoms with Crippen molar-refractivity contribution < 1.29 is 23.7 Å². The van der Waals surface area contributed by atoms with Gasteiger partial charge in [-0.15, -0.1) is 12.4 Å². The van der Waals surface area contributed by atoms with Crippen LogP contribution >= 0.6 is 12.4 Å². The number of furan rings is 1. The topological polar surface area (TPSA) is 152 Å². The molecule has 2 aromatic rings. The maximum Gasteiger partial charge on any atom is 0.354 e. The molecule has 0 unspecified atom stereocenters. The molecule has 2 N–H and O–H groups in total. The van der Waals surface area contributed by atoms with Gasteiger partial charge < -0.3 is 10.2 Å². The number of amides is 4. The van der Waals surface area contributed by atoms with Crippen LogP contribution in [0.15, 0.2) is 45.9 Å². The molecule has 1 aromatic carbocycles. The van der Waals surface area contributed by atoms with Crippen LogP contribution < -0.4 is 5.73 Å². The molecule has 0 radical (unpaired) electrons. The van der Waals surface area contributed by atoms with Crippen LogP contribution in [0.25, 0.3) is 11.3 Å². The van der Waals surface area contributed by atoms with Crippen molar-refractivity contribution >= 4 is 42.2 Å². The predicted octanol–water partition coefficient (Wildman–Crippen LogP) is 1.75. The molecule has 1 fully saturated rings. The molecule has 29 heavy (non-hydrogen) atoms. The second-order valence-corrected chi connectivity index (χ2v) is 5.75. The first kappa shape index (κ1) is 21.7. The molecule has 3 rings (SSSR count). The Bertz CT molecular complexity index is 971. The molecule has 1 saturated heterocycles. The van der Waals surface area contributed by atoms with Gasteiger partial charge in [-0.2, -0.15) is 10.0 Å². The van der Waals surface area contributed by atoms with E-state index in [9.17, 15) is 24.5 Å². The summed E-state index contributed by atoms with van der Waals surface area (Å²) < 4.78 is 5.57. The van der Waals surface area contributed by atoms with Gasteiger partial charge in [-0.25, -0.2) is 9.80 Å². The highest BCUT2D eigenvalue weighted by Crippen LogP contribution is 2.24. The van der Waals surface area contributed by atoms with E-state index >= 15 is 0 Å². The molecule has 1 aliphatic rings. The third kappa shape index (κ3) is 4.65. The van der Waals surface area contributed by atoms with Crippen LogP contribution in [0, 0.1) is 10.1 Å². The van der Waals surface area contributed by atoms with Crippen molar-refractivity contribution in [3.05, 3.63) is 52.3 Å². The lowest BCUT2D eigenvalue weighted by Gasteiger charge is -2.11. The van der Waals surface area contributed by atoms with E-state index in [1.54, 1.807) is 24.3 Å². The van der Waals surface area contributed by atoms with Gasteiger partial charge in [0.25, 0.3) is 11.6 Å². The van der Waals surface area contributed by atoms with E-state index in [0.29, 0.717) is 22.0 Å². The number of halogens is 1. The van der Waals surface area contributed by atoms with Gasteiger partial charge in [0.15, 0.2) is 0 Å². The number of carbonyl (C=O) groups is 3. The van der Waals surface area contributed by atoms with Crippen molar-refractivity contribution in [3.8, 4) is 11.3 Å². The molecular formula is C17H16ClN5O6. The van der Waals surface area contributed by atoms with Gasteiger partial charge in [0.05, 0.1) is 11.1 Å². The quantitative estimate of drug-likeness (QED) is 0.322. The van der Waals surface area contributed by atoms with Crippen LogP contribution in [-0.4, -0.2) is 52.0 Å². The van der Waals surface area contributed by atoms with Crippen molar-refractivity contribution in [2.24, 2.45) is 10.8 Å². The Morgan fingerprint density at radius 3 is 2.55 bits per heavy atom. The standard InChI is InChI=1S/C17H15N5O6.ClH/c18-8-7-15(23)21-16(24)10-20(17(21)25)19-9-13-5-6-14(28-13)11-1-3-12(4-2-11)22(26)27;/h1-6,9H,7-8,10,18H2;1H/b19-9+;. The fraction of sp³-hybridized carbons (Fsp3) is 0.176. The molecular weight excluding hydrogens is 406 g/mol. The van der Waals surface area contributed by atoms with E-state index < -0.39 is 22.8 Å². The molecule has 0 aliphatic carbocycles. The largest absolute Gasteiger partial charge is 0.455 e. The molecule has 0 spiro atoms. The second-order valence-electron chi connectivity index (χ2n) is 5.75. The monoisotopic (exact) mass is 421 g/mol. The molecule has 11 nitrogen and oxygen atoms in total. The van der Waals surface area contributed by atoms with Gasteiger partial charge in [0, 0.05) is 30.7 Å². The van der Waals surface area contributed by atoms with Gasteiger partial charge in [-0.1, -0.05) is 0 Å². The summed E-state index contributed by atoms with van der Waals surface area (Å²) in [6.07, 6.45) is 1.11. The fourth-order valence-corrected chi connectivity index (χ4v) is 2.51. The number of non-ortho nitro benzene ring substituents is 1. The highest BCUT2D eigenvalue weighted by Gasteiger charge is 2.40. The summed E-state index contributed by atoms with van der Waals surface area (Å²) in [5, 5.41) is 15.4. The Morgan fingerprint density at radius 2 is 1.93 bits per heavy atom. The van der Waals surface area contributed by atoms with Gasteiger partial charge >= 0.3 is 6.03 Å². The zero-order valence-corrected chi connectivity index (χ0v) is 15.7. The van der Waals surface area contributed by atoms with Gasteiger partial charge in [0.2, 0.25) is 5.91 Å². The first-order valence-corrected chi connectivity index (χ1v) is 8.16. The Hall–Kier alpha value is -3.57. The molecule has 0 bridgehead atoms. The first-order valence-electron chi connectivity index (χ1n) is 8.16. The molecule has 1 aliphatic heterocycles. The minimum absolute atomic E-state index is 0. The average molecular weight is 422 g/mol. The van der Waals surface area contributed by atoms with Crippen molar-refractivity contribution in [2.75, 3.05) is 13.1 Å². The number of hydrogen-bond acceptors (Lipinski definition) is 8. The van der Waals surface area contributed by atoms with Crippen molar-refractivity contribution in [1.82, 2.24) is 9.91 Å². The molecule has 0 saturated carbocycles. The lowest BCUT2D eigenvalue weighted by atomic mass is 10.1. The predicted molar refractivity (Wildman–Crippen MR) is 103 cm³/mol.